The zero-order valence-electron chi connectivity index (χ0n) is 11.2. The number of aliphatic carboxylic acids is 1. The molecule has 1 fully saturated rings. The van der Waals surface area contributed by atoms with Crippen molar-refractivity contribution >= 4 is 11.9 Å². The van der Waals surface area contributed by atoms with Crippen LogP contribution in [0.1, 0.15) is 29.9 Å². The van der Waals surface area contributed by atoms with Crippen molar-refractivity contribution in [1.29, 1.82) is 0 Å². The van der Waals surface area contributed by atoms with Crippen LogP contribution in [0.25, 0.3) is 0 Å². The van der Waals surface area contributed by atoms with E-state index in [2.05, 4.69) is 5.16 Å². The van der Waals surface area contributed by atoms with Gasteiger partial charge in [-0.2, -0.15) is 0 Å². The van der Waals surface area contributed by atoms with Gasteiger partial charge < -0.3 is 14.5 Å². The summed E-state index contributed by atoms with van der Waals surface area (Å²) < 4.78 is 5.01. The number of hydrogen-bond acceptors (Lipinski definition) is 4. The molecule has 0 radical (unpaired) electrons. The van der Waals surface area contributed by atoms with E-state index in [9.17, 15) is 9.59 Å². The van der Waals surface area contributed by atoms with E-state index >= 15 is 0 Å². The smallest absolute Gasteiger partial charge is 0.323 e. The Hall–Kier alpha value is -1.85. The van der Waals surface area contributed by atoms with Crippen molar-refractivity contribution in [1.82, 2.24) is 10.1 Å². The van der Waals surface area contributed by atoms with E-state index in [1.807, 2.05) is 0 Å². The molecule has 0 aliphatic heterocycles. The quantitative estimate of drug-likeness (QED) is 0.835. The minimum absolute atomic E-state index is 0.154. The van der Waals surface area contributed by atoms with Gasteiger partial charge in [0.25, 0.3) is 0 Å². The molecule has 0 saturated heterocycles. The number of rotatable bonds is 6. The van der Waals surface area contributed by atoms with Crippen LogP contribution in [0.2, 0.25) is 0 Å². The van der Waals surface area contributed by atoms with E-state index < -0.39 is 5.97 Å². The van der Waals surface area contributed by atoms with E-state index in [4.69, 9.17) is 9.63 Å². The molecule has 0 spiro atoms. The number of amides is 1. The molecule has 104 valence electrons. The van der Waals surface area contributed by atoms with Crippen LogP contribution in [0.15, 0.2) is 4.52 Å². The number of carboxylic acids is 1. The number of aromatic nitrogens is 1. The Bertz CT molecular complexity index is 471. The highest BCUT2D eigenvalue weighted by atomic mass is 16.5. The first-order valence-electron chi connectivity index (χ1n) is 6.38. The topological polar surface area (TPSA) is 83.6 Å². The summed E-state index contributed by atoms with van der Waals surface area (Å²) in [7, 11) is 0. The number of carbonyl (C=O) groups excluding carboxylic acids is 1. The molecule has 1 aromatic rings. The molecule has 1 aromatic heterocycles. The predicted octanol–water partition coefficient (Wildman–Crippen LogP) is 1.16. The summed E-state index contributed by atoms with van der Waals surface area (Å²) in [5.41, 5.74) is 1.45. The third-order valence-corrected chi connectivity index (χ3v) is 3.36. The Morgan fingerprint density at radius 3 is 2.58 bits per heavy atom. The summed E-state index contributed by atoms with van der Waals surface area (Å²) >= 11 is 0. The Balaban J connectivity index is 2.03. The zero-order chi connectivity index (χ0) is 14.0. The molecule has 1 N–H and O–H groups in total. The molecular formula is C13H18N2O4. The number of nitrogens with zero attached hydrogens (tertiary/aromatic N) is 2. The van der Waals surface area contributed by atoms with Crippen molar-refractivity contribution in [3.63, 3.8) is 0 Å². The Kier molecular flexibility index (Phi) is 3.87. The standard InChI is InChI=1S/C13H18N2O4/c1-8-11(9(2)19-14-8)5-12(16)15(7-13(17)18)6-10-3-4-10/h10H,3-7H2,1-2H3,(H,17,18). The largest absolute Gasteiger partial charge is 0.480 e. The maximum atomic E-state index is 12.2. The molecule has 19 heavy (non-hydrogen) atoms. The Morgan fingerprint density at radius 2 is 2.11 bits per heavy atom. The highest BCUT2D eigenvalue weighted by Crippen LogP contribution is 2.30. The van der Waals surface area contributed by atoms with Gasteiger partial charge in [-0.3, -0.25) is 9.59 Å². The lowest BCUT2D eigenvalue weighted by Gasteiger charge is -2.20. The Labute approximate surface area is 111 Å². The summed E-state index contributed by atoms with van der Waals surface area (Å²) in [6.45, 7) is 3.83. The van der Waals surface area contributed by atoms with E-state index in [0.29, 0.717) is 23.9 Å². The summed E-state index contributed by atoms with van der Waals surface area (Å²) in [6.07, 6.45) is 2.31. The van der Waals surface area contributed by atoms with Crippen LogP contribution in [0, 0.1) is 19.8 Å². The molecule has 0 atom stereocenters. The lowest BCUT2D eigenvalue weighted by atomic mass is 10.1. The van der Waals surface area contributed by atoms with Crippen molar-refractivity contribution < 1.29 is 19.2 Å². The number of carboxylic acid groups (broad SMARTS) is 1. The summed E-state index contributed by atoms with van der Waals surface area (Å²) in [6, 6.07) is 0. The predicted molar refractivity (Wildman–Crippen MR) is 66.6 cm³/mol. The minimum atomic E-state index is -0.979. The van der Waals surface area contributed by atoms with Crippen molar-refractivity contribution in [3.8, 4) is 0 Å². The van der Waals surface area contributed by atoms with Crippen LogP contribution in [-0.4, -0.2) is 40.1 Å². The summed E-state index contributed by atoms with van der Waals surface area (Å²) in [5.74, 6) is -0.0722. The first kappa shape index (κ1) is 13.6. The van der Waals surface area contributed by atoms with Gasteiger partial charge in [-0.15, -0.1) is 0 Å². The van der Waals surface area contributed by atoms with Gasteiger partial charge in [0.05, 0.1) is 12.1 Å². The van der Waals surface area contributed by atoms with E-state index in [1.54, 1.807) is 13.8 Å². The van der Waals surface area contributed by atoms with Gasteiger partial charge in [0.15, 0.2) is 0 Å². The first-order chi connectivity index (χ1) is 8.97. The van der Waals surface area contributed by atoms with Crippen LogP contribution >= 0.6 is 0 Å². The van der Waals surface area contributed by atoms with Crippen molar-refractivity contribution in [2.24, 2.45) is 5.92 Å². The van der Waals surface area contributed by atoms with Crippen LogP contribution < -0.4 is 0 Å². The van der Waals surface area contributed by atoms with Crippen LogP contribution in [-0.2, 0) is 16.0 Å². The fourth-order valence-electron chi connectivity index (χ4n) is 2.05. The van der Waals surface area contributed by atoms with Gasteiger partial charge in [0.1, 0.15) is 12.3 Å². The second kappa shape index (κ2) is 5.42. The zero-order valence-corrected chi connectivity index (χ0v) is 11.2. The van der Waals surface area contributed by atoms with Gasteiger partial charge in [0.2, 0.25) is 5.91 Å². The monoisotopic (exact) mass is 266 g/mol. The second-order valence-corrected chi connectivity index (χ2v) is 5.09. The van der Waals surface area contributed by atoms with Gasteiger partial charge >= 0.3 is 5.97 Å². The first-order valence-corrected chi connectivity index (χ1v) is 6.38. The van der Waals surface area contributed by atoms with Crippen LogP contribution in [0.5, 0.6) is 0 Å². The lowest BCUT2D eigenvalue weighted by Crippen LogP contribution is -2.38. The van der Waals surface area contributed by atoms with E-state index in [-0.39, 0.29) is 18.9 Å². The molecule has 1 aliphatic carbocycles. The lowest BCUT2D eigenvalue weighted by molar-refractivity contribution is -0.144. The fraction of sp³-hybridized carbons (Fsp3) is 0.615. The number of aryl methyl sites for hydroxylation is 2. The van der Waals surface area contributed by atoms with Crippen molar-refractivity contribution in [3.05, 3.63) is 17.0 Å². The fourth-order valence-corrected chi connectivity index (χ4v) is 2.05. The normalized spacial score (nSPS) is 14.4. The SMILES string of the molecule is Cc1noc(C)c1CC(=O)N(CC(=O)O)CC1CC1. The maximum absolute atomic E-state index is 12.2. The van der Waals surface area contributed by atoms with Gasteiger partial charge in [-0.05, 0) is 32.6 Å². The molecule has 1 aliphatic rings. The van der Waals surface area contributed by atoms with Gasteiger partial charge in [-0.1, -0.05) is 5.16 Å². The Morgan fingerprint density at radius 1 is 1.42 bits per heavy atom. The highest BCUT2D eigenvalue weighted by Gasteiger charge is 2.28. The third kappa shape index (κ3) is 3.56. The molecule has 0 bridgehead atoms. The van der Waals surface area contributed by atoms with Gasteiger partial charge in [0, 0.05) is 12.1 Å². The van der Waals surface area contributed by atoms with Gasteiger partial charge in [-0.25, -0.2) is 0 Å². The average Bonchev–Trinajstić information content (AvgIpc) is 3.09. The maximum Gasteiger partial charge on any atom is 0.323 e. The van der Waals surface area contributed by atoms with Crippen molar-refractivity contribution in [2.45, 2.75) is 33.1 Å². The van der Waals surface area contributed by atoms with Crippen LogP contribution in [0.3, 0.4) is 0 Å². The molecule has 6 heteroatoms. The third-order valence-electron chi connectivity index (χ3n) is 3.36. The van der Waals surface area contributed by atoms with Crippen LogP contribution in [0.4, 0.5) is 0 Å². The highest BCUT2D eigenvalue weighted by molar-refractivity contribution is 5.83. The molecular weight excluding hydrogens is 248 g/mol. The number of hydrogen-bond donors (Lipinski definition) is 1. The van der Waals surface area contributed by atoms with Crippen molar-refractivity contribution in [2.75, 3.05) is 13.1 Å². The summed E-state index contributed by atoms with van der Waals surface area (Å²) in [4.78, 5) is 24.5. The van der Waals surface area contributed by atoms with E-state index in [0.717, 1.165) is 18.4 Å². The second-order valence-electron chi connectivity index (χ2n) is 5.09. The molecule has 1 amide bonds. The molecule has 1 saturated carbocycles. The summed E-state index contributed by atoms with van der Waals surface area (Å²) in [5, 5.41) is 12.7. The minimum Gasteiger partial charge on any atom is -0.480 e. The van der Waals surface area contributed by atoms with E-state index in [1.165, 1.54) is 4.90 Å². The molecule has 2 rings (SSSR count). The number of carbonyl (C=O) groups is 2. The molecule has 0 aromatic carbocycles. The molecule has 1 heterocycles. The average molecular weight is 266 g/mol. The molecule has 0 unspecified atom stereocenters. The molecule has 6 nitrogen and oxygen atoms in total.